The number of nitrogens with zero attached hydrogens (tertiary/aromatic N) is 3. The molecule has 0 aliphatic carbocycles. The molecule has 12 heteroatoms. The number of carbonyl (C=O) groups excluding carboxylic acids is 1. The van der Waals surface area contributed by atoms with Crippen LogP contribution in [0.4, 0.5) is 13.2 Å². The second-order valence-corrected chi connectivity index (χ2v) is 9.69. The summed E-state index contributed by atoms with van der Waals surface area (Å²) < 4.78 is 61.7. The minimum absolute atomic E-state index is 0.0426. The molecule has 1 aromatic carbocycles. The van der Waals surface area contributed by atoms with Crippen LogP contribution in [0.2, 0.25) is 5.02 Å². The van der Waals surface area contributed by atoms with Crippen molar-refractivity contribution in [3.05, 3.63) is 52.3 Å². The first kappa shape index (κ1) is 22.6. The second-order valence-electron chi connectivity index (χ2n) is 6.98. The number of nitrogens with one attached hydrogen (secondary N) is 1. The summed E-state index contributed by atoms with van der Waals surface area (Å²) in [5.41, 5.74) is -0.815. The van der Waals surface area contributed by atoms with Gasteiger partial charge in [-0.25, -0.2) is 8.42 Å². The van der Waals surface area contributed by atoms with Crippen molar-refractivity contribution in [2.75, 3.05) is 37.7 Å². The van der Waals surface area contributed by atoms with E-state index in [2.05, 4.69) is 10.2 Å². The minimum atomic E-state index is -4.66. The number of alkyl halides is 3. The van der Waals surface area contributed by atoms with Gasteiger partial charge in [0, 0.05) is 43.8 Å². The largest absolute Gasteiger partial charge is 0.435 e. The molecule has 1 aromatic heterocycles. The SMILES string of the molecule is O=C(c1cc(C(F)(F)F)n[nH]1)N(CCN1CCS(=O)(=O)CC1)Cc1ccccc1Cl. The second kappa shape index (κ2) is 8.94. The van der Waals surface area contributed by atoms with E-state index >= 15 is 0 Å². The fourth-order valence-corrected chi connectivity index (χ4v) is 4.54. The molecule has 0 unspecified atom stereocenters. The van der Waals surface area contributed by atoms with Gasteiger partial charge in [-0.1, -0.05) is 29.8 Å². The molecule has 164 valence electrons. The molecular weight excluding hydrogens is 445 g/mol. The molecule has 30 heavy (non-hydrogen) atoms. The van der Waals surface area contributed by atoms with E-state index in [1.165, 1.54) is 4.90 Å². The molecule has 2 heterocycles. The van der Waals surface area contributed by atoms with Crippen molar-refractivity contribution in [2.24, 2.45) is 0 Å². The molecule has 1 saturated heterocycles. The molecular formula is C18H20ClF3N4O3S. The third kappa shape index (κ3) is 5.73. The van der Waals surface area contributed by atoms with Crippen LogP contribution in [0.1, 0.15) is 21.7 Å². The summed E-state index contributed by atoms with van der Waals surface area (Å²) in [5, 5.41) is 5.77. The first-order valence-corrected chi connectivity index (χ1v) is 11.3. The number of amides is 1. The number of sulfone groups is 1. The Hall–Kier alpha value is -2.11. The lowest BCUT2D eigenvalue weighted by molar-refractivity contribution is -0.141. The molecule has 2 aromatic rings. The van der Waals surface area contributed by atoms with Gasteiger partial charge in [0.15, 0.2) is 15.5 Å². The van der Waals surface area contributed by atoms with Gasteiger partial charge in [-0.2, -0.15) is 18.3 Å². The highest BCUT2D eigenvalue weighted by molar-refractivity contribution is 7.91. The fourth-order valence-electron chi connectivity index (χ4n) is 3.07. The number of H-pyrrole nitrogens is 1. The Kier molecular flexibility index (Phi) is 6.73. The van der Waals surface area contributed by atoms with Crippen molar-refractivity contribution in [1.82, 2.24) is 20.0 Å². The van der Waals surface area contributed by atoms with Crippen LogP contribution in [-0.2, 0) is 22.6 Å². The van der Waals surface area contributed by atoms with E-state index in [-0.39, 0.29) is 30.3 Å². The van der Waals surface area contributed by atoms with Gasteiger partial charge in [0.2, 0.25) is 0 Å². The zero-order chi connectivity index (χ0) is 21.9. The van der Waals surface area contributed by atoms with E-state index in [1.807, 2.05) is 4.90 Å². The average Bonchev–Trinajstić information content (AvgIpc) is 3.17. The summed E-state index contributed by atoms with van der Waals surface area (Å²) in [4.78, 5) is 16.2. The summed E-state index contributed by atoms with van der Waals surface area (Å²) in [6.07, 6.45) is -4.66. The number of rotatable bonds is 6. The van der Waals surface area contributed by atoms with Gasteiger partial charge in [0.1, 0.15) is 5.69 Å². The van der Waals surface area contributed by atoms with Gasteiger partial charge in [-0.3, -0.25) is 14.8 Å². The normalized spacial score (nSPS) is 17.1. The standard InChI is InChI=1S/C18H20ClF3N4O3S/c19-14-4-2-1-3-13(14)12-26(6-5-25-7-9-30(28,29)10-8-25)17(27)15-11-16(24-23-15)18(20,21)22/h1-4,11H,5-10,12H2,(H,23,24). The molecule has 0 bridgehead atoms. The molecule has 3 rings (SSSR count). The maximum absolute atomic E-state index is 12.9. The highest BCUT2D eigenvalue weighted by Gasteiger charge is 2.35. The molecule has 1 fully saturated rings. The Balaban J connectivity index is 1.76. The zero-order valence-corrected chi connectivity index (χ0v) is 17.4. The van der Waals surface area contributed by atoms with E-state index < -0.39 is 27.6 Å². The number of hydrogen-bond donors (Lipinski definition) is 1. The molecule has 1 aliphatic rings. The topological polar surface area (TPSA) is 86.4 Å². The molecule has 0 saturated carbocycles. The number of benzene rings is 1. The highest BCUT2D eigenvalue weighted by Crippen LogP contribution is 2.28. The van der Waals surface area contributed by atoms with Gasteiger partial charge >= 0.3 is 6.18 Å². The van der Waals surface area contributed by atoms with Gasteiger partial charge < -0.3 is 4.90 Å². The van der Waals surface area contributed by atoms with E-state index in [0.717, 1.165) is 0 Å². The first-order valence-electron chi connectivity index (χ1n) is 9.13. The van der Waals surface area contributed by atoms with Crippen LogP contribution in [0.5, 0.6) is 0 Å². The van der Waals surface area contributed by atoms with Crippen LogP contribution in [0.25, 0.3) is 0 Å². The summed E-state index contributed by atoms with van der Waals surface area (Å²) in [5.74, 6) is -0.565. The molecule has 1 N–H and O–H groups in total. The van der Waals surface area contributed by atoms with Crippen molar-refractivity contribution in [3.63, 3.8) is 0 Å². The number of halogens is 4. The Morgan fingerprint density at radius 2 is 1.90 bits per heavy atom. The minimum Gasteiger partial charge on any atom is -0.332 e. The van der Waals surface area contributed by atoms with Crippen LogP contribution in [0.15, 0.2) is 30.3 Å². The number of carbonyl (C=O) groups is 1. The number of hydrogen-bond acceptors (Lipinski definition) is 5. The van der Waals surface area contributed by atoms with Crippen LogP contribution in [-0.4, -0.2) is 72.0 Å². The zero-order valence-electron chi connectivity index (χ0n) is 15.8. The Bertz CT molecular complexity index is 996. The van der Waals surface area contributed by atoms with Gasteiger partial charge in [0.05, 0.1) is 11.5 Å². The maximum atomic E-state index is 12.9. The Morgan fingerprint density at radius 1 is 1.23 bits per heavy atom. The van der Waals surface area contributed by atoms with Crippen LogP contribution < -0.4 is 0 Å². The van der Waals surface area contributed by atoms with E-state index in [0.29, 0.717) is 36.3 Å². The lowest BCUT2D eigenvalue weighted by Crippen LogP contribution is -2.45. The number of aromatic amines is 1. The number of aromatic nitrogens is 2. The third-order valence-corrected chi connectivity index (χ3v) is 6.81. The maximum Gasteiger partial charge on any atom is 0.435 e. The summed E-state index contributed by atoms with van der Waals surface area (Å²) >= 11 is 6.18. The Morgan fingerprint density at radius 3 is 2.50 bits per heavy atom. The fraction of sp³-hybridized carbons (Fsp3) is 0.444. The average molecular weight is 465 g/mol. The third-order valence-electron chi connectivity index (χ3n) is 4.83. The van der Waals surface area contributed by atoms with Crippen molar-refractivity contribution in [2.45, 2.75) is 12.7 Å². The Labute approximate surface area is 176 Å². The lowest BCUT2D eigenvalue weighted by Gasteiger charge is -2.30. The smallest absolute Gasteiger partial charge is 0.332 e. The van der Waals surface area contributed by atoms with Gasteiger partial charge in [-0.15, -0.1) is 0 Å². The van der Waals surface area contributed by atoms with E-state index in [4.69, 9.17) is 11.6 Å². The highest BCUT2D eigenvalue weighted by atomic mass is 35.5. The molecule has 1 amide bonds. The quantitative estimate of drug-likeness (QED) is 0.709. The van der Waals surface area contributed by atoms with Crippen molar-refractivity contribution in [1.29, 1.82) is 0 Å². The van der Waals surface area contributed by atoms with Crippen molar-refractivity contribution < 1.29 is 26.4 Å². The lowest BCUT2D eigenvalue weighted by atomic mass is 10.2. The molecule has 1 aliphatic heterocycles. The molecule has 0 spiro atoms. The monoisotopic (exact) mass is 464 g/mol. The van der Waals surface area contributed by atoms with Gasteiger partial charge in [-0.05, 0) is 11.6 Å². The van der Waals surface area contributed by atoms with Crippen LogP contribution in [0, 0.1) is 0 Å². The summed E-state index contributed by atoms with van der Waals surface area (Å²) in [6.45, 7) is 1.35. The first-order chi connectivity index (χ1) is 14.0. The summed E-state index contributed by atoms with van der Waals surface area (Å²) in [7, 11) is -3.04. The van der Waals surface area contributed by atoms with Gasteiger partial charge in [0.25, 0.3) is 5.91 Å². The predicted octanol–water partition coefficient (Wildman–Crippen LogP) is 2.45. The van der Waals surface area contributed by atoms with E-state index in [1.54, 1.807) is 24.3 Å². The van der Waals surface area contributed by atoms with Crippen LogP contribution >= 0.6 is 11.6 Å². The van der Waals surface area contributed by atoms with Crippen molar-refractivity contribution >= 4 is 27.3 Å². The van der Waals surface area contributed by atoms with Crippen LogP contribution in [0.3, 0.4) is 0 Å². The molecule has 0 radical (unpaired) electrons. The summed E-state index contributed by atoms with van der Waals surface area (Å²) in [6, 6.07) is 7.54. The molecule has 0 atom stereocenters. The molecule has 7 nitrogen and oxygen atoms in total. The predicted molar refractivity (Wildman–Crippen MR) is 105 cm³/mol. The van der Waals surface area contributed by atoms with E-state index in [9.17, 15) is 26.4 Å². The van der Waals surface area contributed by atoms with Crippen molar-refractivity contribution in [3.8, 4) is 0 Å².